The Kier molecular flexibility index (Phi) is 3.52. The van der Waals surface area contributed by atoms with Crippen molar-refractivity contribution in [2.24, 2.45) is 0 Å². The summed E-state index contributed by atoms with van der Waals surface area (Å²) in [5.41, 5.74) is 0. The molecule has 0 aromatic heterocycles. The van der Waals surface area contributed by atoms with Crippen molar-refractivity contribution >= 4 is 13.9 Å². The van der Waals surface area contributed by atoms with Gasteiger partial charge in [-0.1, -0.05) is 36.4 Å². The fourth-order valence-corrected chi connectivity index (χ4v) is 2.25. The van der Waals surface area contributed by atoms with Crippen LogP contribution in [0.25, 0.3) is 0 Å². The van der Waals surface area contributed by atoms with Gasteiger partial charge in [0.2, 0.25) is 0 Å². The monoisotopic (exact) mass is 248 g/mol. The van der Waals surface area contributed by atoms with E-state index < -0.39 is 7.57 Å². The Labute approximate surface area is 100 Å². The van der Waals surface area contributed by atoms with E-state index in [2.05, 4.69) is 6.30 Å². The Hall–Kier alpha value is -1.70. The van der Waals surface area contributed by atoms with Crippen molar-refractivity contribution < 1.29 is 13.9 Å². The molecule has 0 atom stereocenters. The molecule has 0 aliphatic heterocycles. The standard InChI is InChI=1S/C13H13O3P/c1-17(14,15-12-8-4-2-5-9-12)16-13-10-6-3-7-11-13/h2-11,14H,1H2. The van der Waals surface area contributed by atoms with Crippen LogP contribution < -0.4 is 9.05 Å². The van der Waals surface area contributed by atoms with Gasteiger partial charge >= 0.3 is 7.57 Å². The SMILES string of the molecule is C=P(O)(Oc1ccccc1)Oc1ccccc1. The molecule has 0 saturated heterocycles. The van der Waals surface area contributed by atoms with Crippen LogP contribution in [0.3, 0.4) is 0 Å². The summed E-state index contributed by atoms with van der Waals surface area (Å²) in [7, 11) is -3.14. The summed E-state index contributed by atoms with van der Waals surface area (Å²) in [5.74, 6) is 1.07. The Morgan fingerprint density at radius 1 is 0.765 bits per heavy atom. The van der Waals surface area contributed by atoms with E-state index in [4.69, 9.17) is 9.05 Å². The van der Waals surface area contributed by atoms with Gasteiger partial charge in [0.15, 0.2) is 0 Å². The maximum atomic E-state index is 9.98. The van der Waals surface area contributed by atoms with E-state index in [0.717, 1.165) is 0 Å². The van der Waals surface area contributed by atoms with Crippen LogP contribution in [0.2, 0.25) is 0 Å². The highest BCUT2D eigenvalue weighted by Gasteiger charge is 2.14. The van der Waals surface area contributed by atoms with E-state index in [1.54, 1.807) is 24.3 Å². The van der Waals surface area contributed by atoms with Crippen molar-refractivity contribution in [3.63, 3.8) is 0 Å². The van der Waals surface area contributed by atoms with E-state index in [1.807, 2.05) is 36.4 Å². The predicted octanol–water partition coefficient (Wildman–Crippen LogP) is 3.33. The Morgan fingerprint density at radius 2 is 1.12 bits per heavy atom. The fourth-order valence-electron chi connectivity index (χ4n) is 1.31. The highest BCUT2D eigenvalue weighted by molar-refractivity contribution is 7.59. The molecule has 2 aromatic rings. The zero-order chi connectivity index (χ0) is 12.1. The number of rotatable bonds is 4. The zero-order valence-corrected chi connectivity index (χ0v) is 10.1. The molecule has 0 aliphatic rings. The van der Waals surface area contributed by atoms with Crippen molar-refractivity contribution in [2.45, 2.75) is 0 Å². The lowest BCUT2D eigenvalue weighted by Gasteiger charge is -2.19. The molecule has 0 saturated carbocycles. The molecule has 4 heteroatoms. The Bertz CT molecular complexity index is 465. The van der Waals surface area contributed by atoms with Crippen molar-refractivity contribution in [3.8, 4) is 11.5 Å². The molecule has 0 aliphatic carbocycles. The molecule has 0 radical (unpaired) electrons. The van der Waals surface area contributed by atoms with Crippen LogP contribution in [-0.2, 0) is 0 Å². The van der Waals surface area contributed by atoms with Crippen LogP contribution in [0.15, 0.2) is 60.7 Å². The maximum Gasteiger partial charge on any atom is 0.353 e. The van der Waals surface area contributed by atoms with Crippen LogP contribution >= 0.6 is 7.57 Å². The number of benzene rings is 2. The van der Waals surface area contributed by atoms with Gasteiger partial charge in [-0.2, -0.15) is 0 Å². The second-order valence-corrected chi connectivity index (χ2v) is 5.09. The third-order valence-corrected chi connectivity index (χ3v) is 2.97. The zero-order valence-electron chi connectivity index (χ0n) is 9.19. The number of hydrogen-bond acceptors (Lipinski definition) is 3. The summed E-state index contributed by atoms with van der Waals surface area (Å²) >= 11 is 0. The first kappa shape index (κ1) is 11.8. The summed E-state index contributed by atoms with van der Waals surface area (Å²) in [5, 5.41) is 0. The van der Waals surface area contributed by atoms with Crippen LogP contribution in [0.4, 0.5) is 0 Å². The molecule has 0 spiro atoms. The van der Waals surface area contributed by atoms with Crippen molar-refractivity contribution in [1.82, 2.24) is 0 Å². The van der Waals surface area contributed by atoms with Crippen molar-refractivity contribution in [2.75, 3.05) is 0 Å². The van der Waals surface area contributed by atoms with Crippen molar-refractivity contribution in [3.05, 3.63) is 60.7 Å². The molecule has 1 N–H and O–H groups in total. The largest absolute Gasteiger partial charge is 0.424 e. The average Bonchev–Trinajstić information content (AvgIpc) is 2.30. The molecule has 88 valence electrons. The molecule has 2 rings (SSSR count). The molecular weight excluding hydrogens is 235 g/mol. The summed E-state index contributed by atoms with van der Waals surface area (Å²) < 4.78 is 10.7. The first-order chi connectivity index (χ1) is 8.16. The van der Waals surface area contributed by atoms with Gasteiger partial charge < -0.3 is 13.9 Å². The molecule has 2 aromatic carbocycles. The van der Waals surface area contributed by atoms with E-state index in [9.17, 15) is 4.89 Å². The molecular formula is C13H13O3P. The first-order valence-electron chi connectivity index (χ1n) is 5.11. The minimum Gasteiger partial charge on any atom is -0.424 e. The summed E-state index contributed by atoms with van der Waals surface area (Å²) in [6.07, 6.45) is 3.58. The normalized spacial score (nSPS) is 10.9. The smallest absolute Gasteiger partial charge is 0.353 e. The molecule has 17 heavy (non-hydrogen) atoms. The van der Waals surface area contributed by atoms with Gasteiger partial charge in [-0.3, -0.25) is 0 Å². The third kappa shape index (κ3) is 3.66. The number of hydrogen-bond donors (Lipinski definition) is 1. The minimum atomic E-state index is -3.14. The predicted molar refractivity (Wildman–Crippen MR) is 70.4 cm³/mol. The average molecular weight is 248 g/mol. The van der Waals surface area contributed by atoms with Crippen LogP contribution in [-0.4, -0.2) is 11.2 Å². The summed E-state index contributed by atoms with van der Waals surface area (Å²) in [6.45, 7) is 0. The van der Waals surface area contributed by atoms with E-state index >= 15 is 0 Å². The van der Waals surface area contributed by atoms with Crippen LogP contribution in [0, 0.1) is 0 Å². The minimum absolute atomic E-state index is 0.536. The maximum absolute atomic E-state index is 9.98. The lowest BCUT2D eigenvalue weighted by atomic mass is 10.3. The van der Waals surface area contributed by atoms with Gasteiger partial charge in [0.05, 0.1) is 0 Å². The van der Waals surface area contributed by atoms with E-state index in [-0.39, 0.29) is 0 Å². The lowest BCUT2D eigenvalue weighted by Crippen LogP contribution is -1.99. The molecule has 0 heterocycles. The van der Waals surface area contributed by atoms with Gasteiger partial charge in [0.1, 0.15) is 11.5 Å². The molecule has 0 amide bonds. The molecule has 0 bridgehead atoms. The highest BCUT2D eigenvalue weighted by atomic mass is 31.2. The number of para-hydroxylation sites is 2. The van der Waals surface area contributed by atoms with Gasteiger partial charge in [-0.05, 0) is 24.3 Å². The summed E-state index contributed by atoms with van der Waals surface area (Å²) in [6, 6.07) is 18.0. The quantitative estimate of drug-likeness (QED) is 0.843. The van der Waals surface area contributed by atoms with Crippen LogP contribution in [0.5, 0.6) is 11.5 Å². The van der Waals surface area contributed by atoms with Gasteiger partial charge in [-0.15, -0.1) is 0 Å². The second kappa shape index (κ2) is 5.09. The Balaban J connectivity index is 2.07. The Morgan fingerprint density at radius 3 is 1.47 bits per heavy atom. The third-order valence-electron chi connectivity index (χ3n) is 1.98. The first-order valence-corrected chi connectivity index (χ1v) is 6.87. The molecule has 0 fully saturated rings. The highest BCUT2D eigenvalue weighted by Crippen LogP contribution is 2.43. The molecule has 3 nitrogen and oxygen atoms in total. The second-order valence-electron chi connectivity index (χ2n) is 3.45. The van der Waals surface area contributed by atoms with Gasteiger partial charge in [-0.25, -0.2) is 0 Å². The van der Waals surface area contributed by atoms with E-state index in [0.29, 0.717) is 11.5 Å². The van der Waals surface area contributed by atoms with Gasteiger partial charge in [0, 0.05) is 6.30 Å². The fraction of sp³-hybridized carbons (Fsp3) is 0. The van der Waals surface area contributed by atoms with E-state index in [1.165, 1.54) is 0 Å². The van der Waals surface area contributed by atoms with Gasteiger partial charge in [0.25, 0.3) is 0 Å². The summed E-state index contributed by atoms with van der Waals surface area (Å²) in [4.78, 5) is 9.98. The molecule has 0 unspecified atom stereocenters. The topological polar surface area (TPSA) is 38.7 Å². The van der Waals surface area contributed by atoms with Crippen LogP contribution in [0.1, 0.15) is 0 Å². The van der Waals surface area contributed by atoms with Crippen molar-refractivity contribution in [1.29, 1.82) is 0 Å². The lowest BCUT2D eigenvalue weighted by molar-refractivity contribution is 0.375.